The third kappa shape index (κ3) is 3.35. The molecular formula is C14H10ClI. The minimum absolute atomic E-state index is 0.770. The van der Waals surface area contributed by atoms with Gasteiger partial charge in [0.15, 0.2) is 0 Å². The van der Waals surface area contributed by atoms with E-state index in [9.17, 15) is 0 Å². The molecular weight excluding hydrogens is 331 g/mol. The molecule has 0 saturated heterocycles. The van der Waals surface area contributed by atoms with Crippen LogP contribution in [0.15, 0.2) is 48.5 Å². The molecule has 0 bridgehead atoms. The van der Waals surface area contributed by atoms with Crippen LogP contribution in [0.2, 0.25) is 5.02 Å². The summed E-state index contributed by atoms with van der Waals surface area (Å²) in [7, 11) is 0. The Bertz CT molecular complexity index is 436. The molecule has 0 fully saturated rings. The normalized spacial score (nSPS) is 10.9. The Morgan fingerprint density at radius 1 is 0.750 bits per heavy atom. The number of hydrogen-bond donors (Lipinski definition) is 0. The van der Waals surface area contributed by atoms with E-state index in [1.807, 2.05) is 24.3 Å². The predicted molar refractivity (Wildman–Crippen MR) is 79.5 cm³/mol. The van der Waals surface area contributed by atoms with Crippen molar-refractivity contribution < 1.29 is 0 Å². The van der Waals surface area contributed by atoms with Crippen LogP contribution in [-0.4, -0.2) is 0 Å². The number of hydrogen-bond acceptors (Lipinski definition) is 0. The summed E-state index contributed by atoms with van der Waals surface area (Å²) in [6, 6.07) is 16.2. The van der Waals surface area contributed by atoms with Gasteiger partial charge in [0.1, 0.15) is 0 Å². The lowest BCUT2D eigenvalue weighted by atomic mass is 10.1. The molecule has 16 heavy (non-hydrogen) atoms. The zero-order valence-electron chi connectivity index (χ0n) is 8.53. The molecule has 0 saturated carbocycles. The van der Waals surface area contributed by atoms with Gasteiger partial charge in [0, 0.05) is 8.59 Å². The van der Waals surface area contributed by atoms with Crippen LogP contribution in [0.25, 0.3) is 12.2 Å². The van der Waals surface area contributed by atoms with Gasteiger partial charge in [-0.3, -0.25) is 0 Å². The molecule has 2 aromatic rings. The largest absolute Gasteiger partial charge is 0.0843 e. The molecule has 0 heterocycles. The van der Waals surface area contributed by atoms with Crippen LogP contribution in [0.5, 0.6) is 0 Å². The fourth-order valence-electron chi connectivity index (χ4n) is 1.34. The first kappa shape index (κ1) is 11.7. The van der Waals surface area contributed by atoms with E-state index < -0.39 is 0 Å². The maximum Gasteiger partial charge on any atom is 0.0406 e. The Balaban J connectivity index is 2.15. The van der Waals surface area contributed by atoms with Gasteiger partial charge >= 0.3 is 0 Å². The summed E-state index contributed by atoms with van der Waals surface area (Å²) in [6.45, 7) is 0. The molecule has 0 spiro atoms. The molecule has 0 amide bonds. The zero-order valence-corrected chi connectivity index (χ0v) is 11.4. The van der Waals surface area contributed by atoms with E-state index in [1.165, 1.54) is 9.13 Å². The average Bonchev–Trinajstić information content (AvgIpc) is 2.30. The Hall–Kier alpha value is -0.800. The third-order valence-electron chi connectivity index (χ3n) is 2.21. The van der Waals surface area contributed by atoms with Crippen LogP contribution in [0.3, 0.4) is 0 Å². The SMILES string of the molecule is Clc1ccc(C=Cc2ccc(I)cc2)cc1. The Kier molecular flexibility index (Phi) is 4.02. The molecule has 0 nitrogen and oxygen atoms in total. The van der Waals surface area contributed by atoms with Crippen molar-refractivity contribution in [3.63, 3.8) is 0 Å². The highest BCUT2D eigenvalue weighted by atomic mass is 127. The Labute approximate surface area is 114 Å². The molecule has 2 heteroatoms. The number of benzene rings is 2. The fraction of sp³-hybridized carbons (Fsp3) is 0. The van der Waals surface area contributed by atoms with E-state index in [-0.39, 0.29) is 0 Å². The lowest BCUT2D eigenvalue weighted by molar-refractivity contribution is 1.61. The summed E-state index contributed by atoms with van der Waals surface area (Å²) in [5.41, 5.74) is 2.36. The second kappa shape index (κ2) is 5.51. The van der Waals surface area contributed by atoms with Crippen molar-refractivity contribution >= 4 is 46.3 Å². The first-order chi connectivity index (χ1) is 7.74. The van der Waals surface area contributed by atoms with Crippen LogP contribution in [-0.2, 0) is 0 Å². The molecule has 0 aliphatic carbocycles. The van der Waals surface area contributed by atoms with E-state index >= 15 is 0 Å². The van der Waals surface area contributed by atoms with Crippen molar-refractivity contribution in [2.75, 3.05) is 0 Å². The molecule has 0 radical (unpaired) electrons. The maximum atomic E-state index is 5.82. The maximum absolute atomic E-state index is 5.82. The smallest absolute Gasteiger partial charge is 0.0406 e. The van der Waals surface area contributed by atoms with Gasteiger partial charge in [-0.05, 0) is 58.0 Å². The number of rotatable bonds is 2. The Morgan fingerprint density at radius 3 is 1.69 bits per heavy atom. The van der Waals surface area contributed by atoms with Gasteiger partial charge in [-0.25, -0.2) is 0 Å². The van der Waals surface area contributed by atoms with Crippen molar-refractivity contribution in [2.45, 2.75) is 0 Å². The molecule has 2 aromatic carbocycles. The molecule has 2 rings (SSSR count). The van der Waals surface area contributed by atoms with E-state index in [0.29, 0.717) is 0 Å². The van der Waals surface area contributed by atoms with Gasteiger partial charge in [0.2, 0.25) is 0 Å². The standard InChI is InChI=1S/C14H10ClI/c15-13-7-3-11(4-8-13)1-2-12-5-9-14(16)10-6-12/h1-10H. The summed E-state index contributed by atoms with van der Waals surface area (Å²) in [5, 5.41) is 0.770. The molecule has 0 aliphatic heterocycles. The second-order valence-corrected chi connectivity index (χ2v) is 5.12. The van der Waals surface area contributed by atoms with Crippen molar-refractivity contribution in [3.8, 4) is 0 Å². The van der Waals surface area contributed by atoms with Crippen LogP contribution in [0, 0.1) is 3.57 Å². The highest BCUT2D eigenvalue weighted by Crippen LogP contribution is 2.13. The third-order valence-corrected chi connectivity index (χ3v) is 3.18. The van der Waals surface area contributed by atoms with Gasteiger partial charge in [-0.15, -0.1) is 0 Å². The lowest BCUT2D eigenvalue weighted by Gasteiger charge is -1.95. The second-order valence-electron chi connectivity index (χ2n) is 3.44. The van der Waals surface area contributed by atoms with Gasteiger partial charge in [0.05, 0.1) is 0 Å². The molecule has 80 valence electrons. The monoisotopic (exact) mass is 340 g/mol. The highest BCUT2D eigenvalue weighted by molar-refractivity contribution is 14.1. The van der Waals surface area contributed by atoms with Crippen molar-refractivity contribution in [2.24, 2.45) is 0 Å². The molecule has 0 unspecified atom stereocenters. The molecule has 0 aliphatic rings. The topological polar surface area (TPSA) is 0 Å². The zero-order chi connectivity index (χ0) is 11.4. The minimum atomic E-state index is 0.770. The summed E-state index contributed by atoms with van der Waals surface area (Å²) in [4.78, 5) is 0. The van der Waals surface area contributed by atoms with Crippen molar-refractivity contribution in [1.29, 1.82) is 0 Å². The fourth-order valence-corrected chi connectivity index (χ4v) is 1.83. The van der Waals surface area contributed by atoms with E-state index in [0.717, 1.165) is 10.6 Å². The van der Waals surface area contributed by atoms with Crippen molar-refractivity contribution in [1.82, 2.24) is 0 Å². The van der Waals surface area contributed by atoms with Gasteiger partial charge in [0.25, 0.3) is 0 Å². The first-order valence-corrected chi connectivity index (χ1v) is 6.39. The summed E-state index contributed by atoms with van der Waals surface area (Å²) in [6.07, 6.45) is 4.18. The molecule has 0 atom stereocenters. The lowest BCUT2D eigenvalue weighted by Crippen LogP contribution is -1.74. The highest BCUT2D eigenvalue weighted by Gasteiger charge is 1.89. The molecule has 0 N–H and O–H groups in total. The van der Waals surface area contributed by atoms with Crippen LogP contribution >= 0.6 is 34.2 Å². The minimum Gasteiger partial charge on any atom is -0.0843 e. The van der Waals surface area contributed by atoms with Crippen molar-refractivity contribution in [3.05, 3.63) is 68.3 Å². The van der Waals surface area contributed by atoms with Gasteiger partial charge < -0.3 is 0 Å². The summed E-state index contributed by atoms with van der Waals surface area (Å²) in [5.74, 6) is 0. The quantitative estimate of drug-likeness (QED) is 0.526. The van der Waals surface area contributed by atoms with Crippen LogP contribution < -0.4 is 0 Å². The summed E-state index contributed by atoms with van der Waals surface area (Å²) < 4.78 is 1.25. The Morgan fingerprint density at radius 2 is 1.19 bits per heavy atom. The summed E-state index contributed by atoms with van der Waals surface area (Å²) >= 11 is 8.12. The van der Waals surface area contributed by atoms with Gasteiger partial charge in [-0.2, -0.15) is 0 Å². The van der Waals surface area contributed by atoms with Gasteiger partial charge in [-0.1, -0.05) is 48.0 Å². The van der Waals surface area contributed by atoms with Crippen LogP contribution in [0.4, 0.5) is 0 Å². The van der Waals surface area contributed by atoms with E-state index in [4.69, 9.17) is 11.6 Å². The van der Waals surface area contributed by atoms with E-state index in [1.54, 1.807) is 0 Å². The van der Waals surface area contributed by atoms with Crippen LogP contribution in [0.1, 0.15) is 11.1 Å². The predicted octanol–water partition coefficient (Wildman–Crippen LogP) is 5.12. The first-order valence-electron chi connectivity index (χ1n) is 4.93. The number of halogens is 2. The molecule has 0 aromatic heterocycles. The van der Waals surface area contributed by atoms with E-state index in [2.05, 4.69) is 59.0 Å². The average molecular weight is 341 g/mol.